The van der Waals surface area contributed by atoms with E-state index in [0.29, 0.717) is 28.2 Å². The highest BCUT2D eigenvalue weighted by Crippen LogP contribution is 2.22. The van der Waals surface area contributed by atoms with Gasteiger partial charge in [-0.2, -0.15) is 0 Å². The van der Waals surface area contributed by atoms with E-state index < -0.39 is 0 Å². The van der Waals surface area contributed by atoms with Crippen LogP contribution in [0.4, 0.5) is 17.1 Å². The zero-order chi connectivity index (χ0) is 23.2. The maximum atomic E-state index is 12.6. The third-order valence-electron chi connectivity index (χ3n) is 5.33. The molecule has 0 aromatic heterocycles. The third kappa shape index (κ3) is 5.98. The molecule has 1 aliphatic rings. The Morgan fingerprint density at radius 2 is 1.55 bits per heavy atom. The molecule has 4 rings (SSSR count). The summed E-state index contributed by atoms with van der Waals surface area (Å²) in [6.45, 7) is 1.89. The Labute approximate surface area is 192 Å². The summed E-state index contributed by atoms with van der Waals surface area (Å²) in [5.41, 5.74) is 3.69. The van der Waals surface area contributed by atoms with Crippen molar-refractivity contribution in [3.05, 3.63) is 89.5 Å². The first-order chi connectivity index (χ1) is 16.0. The van der Waals surface area contributed by atoms with Gasteiger partial charge in [0.2, 0.25) is 5.91 Å². The van der Waals surface area contributed by atoms with Gasteiger partial charge in [-0.25, -0.2) is 0 Å². The molecule has 0 aliphatic heterocycles. The van der Waals surface area contributed by atoms with Gasteiger partial charge in [-0.1, -0.05) is 36.4 Å². The van der Waals surface area contributed by atoms with Gasteiger partial charge in [0, 0.05) is 23.0 Å². The first-order valence-electron chi connectivity index (χ1n) is 10.9. The molecular formula is C26H26N4O3. The molecule has 3 aromatic carbocycles. The molecule has 4 N–H and O–H groups in total. The first-order valence-corrected chi connectivity index (χ1v) is 10.9. The minimum absolute atomic E-state index is 0.0107. The van der Waals surface area contributed by atoms with E-state index in [4.69, 9.17) is 0 Å². The summed E-state index contributed by atoms with van der Waals surface area (Å²) in [7, 11) is 0. The third-order valence-corrected chi connectivity index (χ3v) is 5.33. The summed E-state index contributed by atoms with van der Waals surface area (Å²) in [4.78, 5) is 37.6. The van der Waals surface area contributed by atoms with E-state index in [1.54, 1.807) is 36.4 Å². The van der Waals surface area contributed by atoms with Crippen molar-refractivity contribution in [3.8, 4) is 0 Å². The standard InChI is InChI=1S/C26H26N4O3/c1-17-11-12-18(25(32)28-19-7-3-2-4-8-19)15-23(17)27-16-24(31)30-22-10-6-5-9-21(22)26(33)29-20-13-14-20/h2-12,15,20,27H,13-14,16H2,1H3,(H,28,32)(H,29,33)(H,30,31). The molecular weight excluding hydrogens is 416 g/mol. The number of benzene rings is 3. The Balaban J connectivity index is 1.38. The van der Waals surface area contributed by atoms with E-state index in [-0.39, 0.29) is 30.3 Å². The van der Waals surface area contributed by atoms with Crippen molar-refractivity contribution in [2.75, 3.05) is 22.5 Å². The number of nitrogens with one attached hydrogen (secondary N) is 4. The van der Waals surface area contributed by atoms with E-state index >= 15 is 0 Å². The molecule has 3 amide bonds. The smallest absolute Gasteiger partial charge is 0.255 e. The number of aryl methyl sites for hydroxylation is 1. The fourth-order valence-electron chi connectivity index (χ4n) is 3.33. The fraction of sp³-hybridized carbons (Fsp3) is 0.192. The summed E-state index contributed by atoms with van der Waals surface area (Å²) in [6, 6.07) is 21.7. The molecule has 0 atom stereocenters. The van der Waals surface area contributed by atoms with Crippen LogP contribution in [0.3, 0.4) is 0 Å². The van der Waals surface area contributed by atoms with E-state index in [0.717, 1.165) is 18.4 Å². The zero-order valence-electron chi connectivity index (χ0n) is 18.4. The summed E-state index contributed by atoms with van der Waals surface area (Å²) >= 11 is 0. The second kappa shape index (κ2) is 9.99. The SMILES string of the molecule is Cc1ccc(C(=O)Nc2ccccc2)cc1NCC(=O)Nc1ccccc1C(=O)NC1CC1. The molecule has 0 spiro atoms. The number of carbonyl (C=O) groups excluding carboxylic acids is 3. The average molecular weight is 443 g/mol. The Kier molecular flexibility index (Phi) is 6.69. The van der Waals surface area contributed by atoms with Crippen LogP contribution in [0.1, 0.15) is 39.1 Å². The highest BCUT2D eigenvalue weighted by atomic mass is 16.2. The van der Waals surface area contributed by atoms with Crippen LogP contribution in [0.2, 0.25) is 0 Å². The van der Waals surface area contributed by atoms with Gasteiger partial charge in [-0.05, 0) is 61.7 Å². The van der Waals surface area contributed by atoms with Crippen LogP contribution in [0.15, 0.2) is 72.8 Å². The van der Waals surface area contributed by atoms with E-state index in [1.165, 1.54) is 0 Å². The van der Waals surface area contributed by atoms with Crippen molar-refractivity contribution in [2.24, 2.45) is 0 Å². The van der Waals surface area contributed by atoms with Crippen LogP contribution in [0.25, 0.3) is 0 Å². The quantitative estimate of drug-likeness (QED) is 0.420. The molecule has 1 saturated carbocycles. The van der Waals surface area contributed by atoms with E-state index in [2.05, 4.69) is 21.3 Å². The number of hydrogen-bond donors (Lipinski definition) is 4. The highest BCUT2D eigenvalue weighted by Gasteiger charge is 2.25. The van der Waals surface area contributed by atoms with E-state index in [9.17, 15) is 14.4 Å². The minimum Gasteiger partial charge on any atom is -0.376 e. The predicted molar refractivity (Wildman–Crippen MR) is 130 cm³/mol. The lowest BCUT2D eigenvalue weighted by molar-refractivity contribution is -0.114. The number of para-hydroxylation sites is 2. The molecule has 7 heteroatoms. The number of hydrogen-bond acceptors (Lipinski definition) is 4. The maximum Gasteiger partial charge on any atom is 0.255 e. The molecule has 0 heterocycles. The van der Waals surface area contributed by atoms with Crippen molar-refractivity contribution >= 4 is 34.8 Å². The molecule has 0 radical (unpaired) electrons. The maximum absolute atomic E-state index is 12.6. The molecule has 0 unspecified atom stereocenters. The fourth-order valence-corrected chi connectivity index (χ4v) is 3.33. The molecule has 3 aromatic rings. The lowest BCUT2D eigenvalue weighted by Gasteiger charge is -2.14. The molecule has 33 heavy (non-hydrogen) atoms. The monoisotopic (exact) mass is 442 g/mol. The Morgan fingerprint density at radius 1 is 0.818 bits per heavy atom. The van der Waals surface area contributed by atoms with Crippen LogP contribution in [-0.4, -0.2) is 30.3 Å². The molecule has 7 nitrogen and oxygen atoms in total. The van der Waals surface area contributed by atoms with Gasteiger partial charge in [-0.15, -0.1) is 0 Å². The van der Waals surface area contributed by atoms with Gasteiger partial charge in [0.25, 0.3) is 11.8 Å². The van der Waals surface area contributed by atoms with Crippen molar-refractivity contribution in [1.82, 2.24) is 5.32 Å². The number of amides is 3. The second-order valence-electron chi connectivity index (χ2n) is 8.04. The van der Waals surface area contributed by atoms with Crippen molar-refractivity contribution in [3.63, 3.8) is 0 Å². The van der Waals surface area contributed by atoms with E-state index in [1.807, 2.05) is 43.3 Å². The van der Waals surface area contributed by atoms with Gasteiger partial charge < -0.3 is 21.3 Å². The lowest BCUT2D eigenvalue weighted by Crippen LogP contribution is -2.28. The Bertz CT molecular complexity index is 1170. The van der Waals surface area contributed by atoms with Crippen LogP contribution in [0.5, 0.6) is 0 Å². The van der Waals surface area contributed by atoms with Gasteiger partial charge in [0.15, 0.2) is 0 Å². The number of anilines is 3. The van der Waals surface area contributed by atoms with Gasteiger partial charge in [0.1, 0.15) is 0 Å². The zero-order valence-corrected chi connectivity index (χ0v) is 18.4. The first kappa shape index (κ1) is 22.1. The van der Waals surface area contributed by atoms with Crippen LogP contribution in [-0.2, 0) is 4.79 Å². The van der Waals surface area contributed by atoms with Crippen LogP contribution < -0.4 is 21.3 Å². The molecule has 1 aliphatic carbocycles. The molecule has 0 bridgehead atoms. The van der Waals surface area contributed by atoms with Gasteiger partial charge >= 0.3 is 0 Å². The van der Waals surface area contributed by atoms with Crippen molar-refractivity contribution in [2.45, 2.75) is 25.8 Å². The highest BCUT2D eigenvalue weighted by molar-refractivity contribution is 6.06. The molecule has 168 valence electrons. The topological polar surface area (TPSA) is 99.3 Å². The number of rotatable bonds is 8. The summed E-state index contributed by atoms with van der Waals surface area (Å²) in [5.74, 6) is -0.709. The lowest BCUT2D eigenvalue weighted by atomic mass is 10.1. The predicted octanol–water partition coefficient (Wildman–Crippen LogP) is 4.19. The molecule has 0 saturated heterocycles. The molecule has 1 fully saturated rings. The minimum atomic E-state index is -0.291. The normalized spacial score (nSPS) is 12.5. The van der Waals surface area contributed by atoms with Crippen molar-refractivity contribution < 1.29 is 14.4 Å². The van der Waals surface area contributed by atoms with Crippen LogP contribution in [0, 0.1) is 6.92 Å². The Hall–Kier alpha value is -4.13. The van der Waals surface area contributed by atoms with Gasteiger partial charge in [-0.3, -0.25) is 14.4 Å². The summed E-state index contributed by atoms with van der Waals surface area (Å²) in [6.07, 6.45) is 1.98. The van der Waals surface area contributed by atoms with Gasteiger partial charge in [0.05, 0.1) is 17.8 Å². The van der Waals surface area contributed by atoms with Crippen LogP contribution >= 0.6 is 0 Å². The number of carbonyl (C=O) groups is 3. The summed E-state index contributed by atoms with van der Waals surface area (Å²) < 4.78 is 0. The second-order valence-corrected chi connectivity index (χ2v) is 8.04. The summed E-state index contributed by atoms with van der Waals surface area (Å²) in [5, 5.41) is 11.7. The van der Waals surface area contributed by atoms with Crippen molar-refractivity contribution in [1.29, 1.82) is 0 Å². The largest absolute Gasteiger partial charge is 0.376 e. The average Bonchev–Trinajstić information content (AvgIpc) is 3.63. The Morgan fingerprint density at radius 3 is 2.30 bits per heavy atom.